The summed E-state index contributed by atoms with van der Waals surface area (Å²) in [7, 11) is -3.45. The molecule has 0 amide bonds. The van der Waals surface area contributed by atoms with Crippen LogP contribution in [0.15, 0.2) is 22.7 Å². The SMILES string of the molecule is NS(=O)(=O)CCCCOc1cc(Br)cc([N+](=O)[O-])c1. The van der Waals surface area contributed by atoms with E-state index >= 15 is 0 Å². The van der Waals surface area contributed by atoms with Gasteiger partial charge in [0.25, 0.3) is 5.69 Å². The summed E-state index contributed by atoms with van der Waals surface area (Å²) in [6, 6.07) is 4.28. The van der Waals surface area contributed by atoms with Crippen LogP contribution in [0, 0.1) is 10.1 Å². The van der Waals surface area contributed by atoms with Crippen LogP contribution in [-0.4, -0.2) is 25.7 Å². The van der Waals surface area contributed by atoms with Crippen molar-refractivity contribution in [3.05, 3.63) is 32.8 Å². The minimum absolute atomic E-state index is 0.0751. The van der Waals surface area contributed by atoms with Crippen molar-refractivity contribution in [2.45, 2.75) is 12.8 Å². The maximum atomic E-state index is 10.7. The molecule has 0 unspecified atom stereocenters. The first-order valence-corrected chi connectivity index (χ1v) is 7.87. The van der Waals surface area contributed by atoms with Gasteiger partial charge in [-0.25, -0.2) is 13.6 Å². The monoisotopic (exact) mass is 352 g/mol. The van der Waals surface area contributed by atoms with Crippen molar-refractivity contribution in [1.82, 2.24) is 0 Å². The summed E-state index contributed by atoms with van der Waals surface area (Å²) in [5.74, 6) is 0.256. The number of unbranched alkanes of at least 4 members (excludes halogenated alkanes) is 1. The second kappa shape index (κ2) is 6.83. The number of nitrogens with two attached hydrogens (primary N) is 1. The Labute approximate surface area is 119 Å². The van der Waals surface area contributed by atoms with Crippen LogP contribution in [0.1, 0.15) is 12.8 Å². The number of sulfonamides is 1. The van der Waals surface area contributed by atoms with Crippen LogP contribution in [0.5, 0.6) is 5.75 Å². The van der Waals surface area contributed by atoms with Gasteiger partial charge in [0.1, 0.15) is 5.75 Å². The minimum atomic E-state index is -3.45. The zero-order valence-corrected chi connectivity index (χ0v) is 12.3. The lowest BCUT2D eigenvalue weighted by Gasteiger charge is -2.06. The Hall–Kier alpha value is -1.19. The van der Waals surface area contributed by atoms with Gasteiger partial charge in [0.2, 0.25) is 10.0 Å². The third-order valence-corrected chi connectivity index (χ3v) is 3.47. The smallest absolute Gasteiger partial charge is 0.274 e. The van der Waals surface area contributed by atoms with Crippen molar-refractivity contribution in [3.8, 4) is 5.75 Å². The fourth-order valence-corrected chi connectivity index (χ4v) is 2.40. The summed E-state index contributed by atoms with van der Waals surface area (Å²) in [6.45, 7) is 0.267. The average molecular weight is 353 g/mol. The maximum absolute atomic E-state index is 10.7. The standard InChI is InChI=1S/C10H13BrN2O5S/c11-8-5-9(13(14)15)7-10(6-8)18-3-1-2-4-19(12,16)17/h5-7H,1-4H2,(H2,12,16,17). The predicted octanol–water partition coefficient (Wildman–Crippen LogP) is 1.80. The molecule has 1 aromatic rings. The van der Waals surface area contributed by atoms with Gasteiger partial charge in [-0.2, -0.15) is 0 Å². The molecule has 0 atom stereocenters. The molecule has 0 bridgehead atoms. The van der Waals surface area contributed by atoms with Gasteiger partial charge in [-0.15, -0.1) is 0 Å². The first-order chi connectivity index (χ1) is 8.78. The third-order valence-electron chi connectivity index (χ3n) is 2.16. The van der Waals surface area contributed by atoms with Crippen LogP contribution >= 0.6 is 15.9 Å². The average Bonchev–Trinajstić information content (AvgIpc) is 2.26. The molecule has 0 radical (unpaired) electrons. The lowest BCUT2D eigenvalue weighted by molar-refractivity contribution is -0.385. The van der Waals surface area contributed by atoms with E-state index in [0.717, 1.165) is 0 Å². The molecule has 19 heavy (non-hydrogen) atoms. The number of ether oxygens (including phenoxy) is 1. The Kier molecular flexibility index (Phi) is 5.70. The topological polar surface area (TPSA) is 113 Å². The Morgan fingerprint density at radius 3 is 2.58 bits per heavy atom. The number of halogens is 1. The number of primary sulfonamides is 1. The van der Waals surface area contributed by atoms with E-state index in [1.807, 2.05) is 0 Å². The van der Waals surface area contributed by atoms with Crippen molar-refractivity contribution in [2.24, 2.45) is 5.14 Å². The molecule has 0 saturated heterocycles. The molecule has 0 fully saturated rings. The Bertz CT molecular complexity index is 561. The maximum Gasteiger partial charge on any atom is 0.274 e. The van der Waals surface area contributed by atoms with E-state index in [0.29, 0.717) is 23.1 Å². The highest BCUT2D eigenvalue weighted by Crippen LogP contribution is 2.26. The number of non-ortho nitro benzene ring substituents is 1. The molecular formula is C10H13BrN2O5S. The highest BCUT2D eigenvalue weighted by molar-refractivity contribution is 9.10. The van der Waals surface area contributed by atoms with Gasteiger partial charge >= 0.3 is 0 Å². The zero-order valence-electron chi connectivity index (χ0n) is 9.91. The van der Waals surface area contributed by atoms with E-state index in [4.69, 9.17) is 9.88 Å². The first-order valence-electron chi connectivity index (χ1n) is 5.36. The van der Waals surface area contributed by atoms with Crippen LogP contribution in [-0.2, 0) is 10.0 Å². The quantitative estimate of drug-likeness (QED) is 0.456. The molecule has 106 valence electrons. The van der Waals surface area contributed by atoms with E-state index in [1.54, 1.807) is 6.07 Å². The van der Waals surface area contributed by atoms with Gasteiger partial charge in [-0.1, -0.05) is 15.9 Å². The largest absolute Gasteiger partial charge is 0.493 e. The summed E-state index contributed by atoms with van der Waals surface area (Å²) in [5.41, 5.74) is -0.0751. The molecule has 0 aromatic heterocycles. The molecule has 2 N–H and O–H groups in total. The lowest BCUT2D eigenvalue weighted by atomic mass is 10.3. The molecule has 0 aliphatic rings. The molecule has 1 rings (SSSR count). The molecule has 0 heterocycles. The number of benzene rings is 1. The highest BCUT2D eigenvalue weighted by atomic mass is 79.9. The second-order valence-electron chi connectivity index (χ2n) is 3.82. The van der Waals surface area contributed by atoms with Gasteiger partial charge < -0.3 is 4.74 Å². The van der Waals surface area contributed by atoms with Crippen LogP contribution in [0.2, 0.25) is 0 Å². The van der Waals surface area contributed by atoms with Crippen LogP contribution < -0.4 is 9.88 Å². The van der Waals surface area contributed by atoms with Crippen molar-refractivity contribution in [1.29, 1.82) is 0 Å². The first kappa shape index (κ1) is 15.9. The van der Waals surface area contributed by atoms with E-state index in [1.165, 1.54) is 12.1 Å². The van der Waals surface area contributed by atoms with Gasteiger partial charge in [-0.05, 0) is 18.9 Å². The van der Waals surface area contributed by atoms with Gasteiger partial charge in [-0.3, -0.25) is 10.1 Å². The highest BCUT2D eigenvalue weighted by Gasteiger charge is 2.09. The van der Waals surface area contributed by atoms with E-state index in [-0.39, 0.29) is 18.0 Å². The van der Waals surface area contributed by atoms with E-state index < -0.39 is 14.9 Å². The summed E-state index contributed by atoms with van der Waals surface area (Å²) in [6.07, 6.45) is 0.881. The number of hydrogen-bond donors (Lipinski definition) is 1. The fraction of sp³-hybridized carbons (Fsp3) is 0.400. The van der Waals surface area contributed by atoms with Gasteiger partial charge in [0.05, 0.1) is 23.3 Å². The van der Waals surface area contributed by atoms with Crippen molar-refractivity contribution < 1.29 is 18.1 Å². The molecule has 7 nitrogen and oxygen atoms in total. The number of nitrogens with zero attached hydrogens (tertiary/aromatic N) is 1. The number of nitro groups is 1. The van der Waals surface area contributed by atoms with Crippen molar-refractivity contribution in [2.75, 3.05) is 12.4 Å². The van der Waals surface area contributed by atoms with Crippen molar-refractivity contribution >= 4 is 31.6 Å². The molecule has 0 saturated carbocycles. The van der Waals surface area contributed by atoms with Gasteiger partial charge in [0.15, 0.2) is 0 Å². The zero-order chi connectivity index (χ0) is 14.5. The minimum Gasteiger partial charge on any atom is -0.493 e. The van der Waals surface area contributed by atoms with E-state index in [2.05, 4.69) is 15.9 Å². The Balaban J connectivity index is 2.47. The van der Waals surface area contributed by atoms with Crippen molar-refractivity contribution in [3.63, 3.8) is 0 Å². The number of rotatable bonds is 7. The number of nitro benzene ring substituents is 1. The molecule has 0 aliphatic carbocycles. The molecule has 0 aliphatic heterocycles. The molecule has 0 spiro atoms. The summed E-state index contributed by atoms with van der Waals surface area (Å²) in [4.78, 5) is 10.1. The number of hydrogen-bond acceptors (Lipinski definition) is 5. The summed E-state index contributed by atoms with van der Waals surface area (Å²) < 4.78 is 27.2. The lowest BCUT2D eigenvalue weighted by Crippen LogP contribution is -2.16. The third kappa shape index (κ3) is 6.50. The molecule has 1 aromatic carbocycles. The van der Waals surface area contributed by atoms with Crippen LogP contribution in [0.25, 0.3) is 0 Å². The Morgan fingerprint density at radius 1 is 1.32 bits per heavy atom. The fourth-order valence-electron chi connectivity index (χ4n) is 1.33. The van der Waals surface area contributed by atoms with E-state index in [9.17, 15) is 18.5 Å². The molecule has 9 heteroatoms. The van der Waals surface area contributed by atoms with Gasteiger partial charge in [0, 0.05) is 10.5 Å². The van der Waals surface area contributed by atoms with Crippen LogP contribution in [0.4, 0.5) is 5.69 Å². The normalized spacial score (nSPS) is 11.3. The molecular weight excluding hydrogens is 340 g/mol. The summed E-state index contributed by atoms with van der Waals surface area (Å²) >= 11 is 3.15. The summed E-state index contributed by atoms with van der Waals surface area (Å²) in [5, 5.41) is 15.5. The van der Waals surface area contributed by atoms with Crippen LogP contribution in [0.3, 0.4) is 0 Å². The predicted molar refractivity (Wildman–Crippen MR) is 73.5 cm³/mol. The second-order valence-corrected chi connectivity index (χ2v) is 6.47. The Morgan fingerprint density at radius 2 is 2.00 bits per heavy atom.